The molecule has 0 radical (unpaired) electrons. The first-order valence-corrected chi connectivity index (χ1v) is 10.0. The van der Waals surface area contributed by atoms with Gasteiger partial charge in [0.1, 0.15) is 0 Å². The van der Waals surface area contributed by atoms with Gasteiger partial charge >= 0.3 is 5.97 Å². The first-order valence-electron chi connectivity index (χ1n) is 8.53. The Balaban J connectivity index is 2.46. The van der Waals surface area contributed by atoms with Gasteiger partial charge in [0.25, 0.3) is 10.0 Å². The Kier molecular flexibility index (Phi) is 6.11. The SMILES string of the molecule is COC(=O)C=Cc1cc(C(C)(C)C)ccc1NS(=O)(=O)c1ccc(C)cc1. The van der Waals surface area contributed by atoms with Gasteiger partial charge in [0, 0.05) is 6.08 Å². The molecule has 0 spiro atoms. The van der Waals surface area contributed by atoms with Gasteiger partial charge in [-0.25, -0.2) is 13.2 Å². The second-order valence-electron chi connectivity index (χ2n) is 7.33. The van der Waals surface area contributed by atoms with Crippen LogP contribution < -0.4 is 4.72 Å². The Labute approximate surface area is 161 Å². The Morgan fingerprint density at radius 2 is 1.70 bits per heavy atom. The molecule has 0 fully saturated rings. The van der Waals surface area contributed by atoms with E-state index < -0.39 is 16.0 Å². The smallest absolute Gasteiger partial charge is 0.330 e. The monoisotopic (exact) mass is 387 g/mol. The molecule has 0 bridgehead atoms. The van der Waals surface area contributed by atoms with Crippen molar-refractivity contribution in [3.05, 3.63) is 65.2 Å². The minimum Gasteiger partial charge on any atom is -0.466 e. The van der Waals surface area contributed by atoms with E-state index in [-0.39, 0.29) is 10.3 Å². The standard InChI is InChI=1S/C21H25NO4S/c1-15-6-10-18(11-7-15)27(24,25)22-19-12-9-17(21(2,3)4)14-16(19)8-13-20(23)26-5/h6-14,22H,1-5H3. The number of sulfonamides is 1. The van der Waals surface area contributed by atoms with Crippen LogP contribution in [0.5, 0.6) is 0 Å². The fourth-order valence-corrected chi connectivity index (χ4v) is 3.49. The van der Waals surface area contributed by atoms with Crippen molar-refractivity contribution in [3.63, 3.8) is 0 Å². The van der Waals surface area contributed by atoms with Gasteiger partial charge < -0.3 is 4.74 Å². The number of hydrogen-bond donors (Lipinski definition) is 1. The largest absolute Gasteiger partial charge is 0.466 e. The van der Waals surface area contributed by atoms with Gasteiger partial charge in [-0.05, 0) is 53.8 Å². The number of methoxy groups -OCH3 is 1. The van der Waals surface area contributed by atoms with Gasteiger partial charge in [-0.15, -0.1) is 0 Å². The molecule has 0 aromatic heterocycles. The number of anilines is 1. The predicted molar refractivity (Wildman–Crippen MR) is 108 cm³/mol. The Morgan fingerprint density at radius 1 is 1.07 bits per heavy atom. The predicted octanol–water partition coefficient (Wildman–Crippen LogP) is 4.28. The maximum absolute atomic E-state index is 12.7. The third-order valence-electron chi connectivity index (χ3n) is 4.09. The molecule has 27 heavy (non-hydrogen) atoms. The summed E-state index contributed by atoms with van der Waals surface area (Å²) < 4.78 is 32.7. The summed E-state index contributed by atoms with van der Waals surface area (Å²) in [7, 11) is -2.45. The highest BCUT2D eigenvalue weighted by Crippen LogP contribution is 2.29. The average Bonchev–Trinajstić information content (AvgIpc) is 2.59. The van der Waals surface area contributed by atoms with Crippen molar-refractivity contribution in [3.8, 4) is 0 Å². The first kappa shape index (κ1) is 20.7. The van der Waals surface area contributed by atoms with Crippen molar-refractivity contribution in [2.24, 2.45) is 0 Å². The number of esters is 1. The number of nitrogens with one attached hydrogen (secondary N) is 1. The summed E-state index contributed by atoms with van der Waals surface area (Å²) in [5.41, 5.74) is 2.85. The number of aryl methyl sites for hydroxylation is 1. The molecule has 2 rings (SSSR count). The van der Waals surface area contributed by atoms with Crippen molar-refractivity contribution >= 4 is 27.8 Å². The summed E-state index contributed by atoms with van der Waals surface area (Å²) in [6.45, 7) is 8.08. The van der Waals surface area contributed by atoms with Crippen molar-refractivity contribution in [2.45, 2.75) is 38.0 Å². The van der Waals surface area contributed by atoms with Gasteiger partial charge in [0.2, 0.25) is 0 Å². The van der Waals surface area contributed by atoms with E-state index >= 15 is 0 Å². The van der Waals surface area contributed by atoms with E-state index in [0.29, 0.717) is 11.3 Å². The molecule has 2 aromatic carbocycles. The van der Waals surface area contributed by atoms with Crippen LogP contribution in [-0.4, -0.2) is 21.5 Å². The molecule has 0 saturated carbocycles. The highest BCUT2D eigenvalue weighted by atomic mass is 32.2. The summed E-state index contributed by atoms with van der Waals surface area (Å²) >= 11 is 0. The highest BCUT2D eigenvalue weighted by molar-refractivity contribution is 7.92. The molecule has 2 aromatic rings. The zero-order valence-corrected chi connectivity index (χ0v) is 17.1. The second kappa shape index (κ2) is 7.96. The number of hydrogen-bond acceptors (Lipinski definition) is 4. The van der Waals surface area contributed by atoms with E-state index in [9.17, 15) is 13.2 Å². The third-order valence-corrected chi connectivity index (χ3v) is 5.47. The van der Waals surface area contributed by atoms with Gasteiger partial charge in [-0.1, -0.05) is 44.5 Å². The van der Waals surface area contributed by atoms with Crippen LogP contribution in [0.25, 0.3) is 6.08 Å². The Hall–Kier alpha value is -2.60. The van der Waals surface area contributed by atoms with Crippen molar-refractivity contribution in [1.82, 2.24) is 0 Å². The van der Waals surface area contributed by atoms with Crippen LogP contribution in [0.3, 0.4) is 0 Å². The molecular weight excluding hydrogens is 362 g/mol. The van der Waals surface area contributed by atoms with E-state index in [2.05, 4.69) is 30.2 Å². The third kappa shape index (κ3) is 5.44. The molecule has 5 nitrogen and oxygen atoms in total. The summed E-state index contributed by atoms with van der Waals surface area (Å²) in [6.07, 6.45) is 2.82. The molecule has 0 aliphatic heterocycles. The summed E-state index contributed by atoms with van der Waals surface area (Å²) in [5.74, 6) is -0.511. The number of carbonyl (C=O) groups excluding carboxylic acids is 1. The maximum atomic E-state index is 12.7. The molecule has 0 aliphatic rings. The fourth-order valence-electron chi connectivity index (χ4n) is 2.41. The highest BCUT2D eigenvalue weighted by Gasteiger charge is 2.18. The minimum absolute atomic E-state index is 0.123. The zero-order chi connectivity index (χ0) is 20.2. The van der Waals surface area contributed by atoms with Crippen molar-refractivity contribution in [1.29, 1.82) is 0 Å². The normalized spacial score (nSPS) is 12.2. The van der Waals surface area contributed by atoms with E-state index in [0.717, 1.165) is 11.1 Å². The maximum Gasteiger partial charge on any atom is 0.330 e. The van der Waals surface area contributed by atoms with Crippen LogP contribution in [-0.2, 0) is 25.0 Å². The van der Waals surface area contributed by atoms with Crippen LogP contribution >= 0.6 is 0 Å². The van der Waals surface area contributed by atoms with Crippen LogP contribution in [0.15, 0.2) is 53.4 Å². The molecule has 0 saturated heterocycles. The molecular formula is C21H25NO4S. The van der Waals surface area contributed by atoms with E-state index in [1.165, 1.54) is 13.2 Å². The number of benzene rings is 2. The first-order chi connectivity index (χ1) is 12.5. The van der Waals surface area contributed by atoms with E-state index in [1.54, 1.807) is 36.4 Å². The van der Waals surface area contributed by atoms with Gasteiger partial charge in [0.15, 0.2) is 0 Å². The molecule has 1 N–H and O–H groups in total. The Bertz CT molecular complexity index is 953. The molecule has 0 heterocycles. The van der Waals surface area contributed by atoms with E-state index in [4.69, 9.17) is 0 Å². The molecule has 0 atom stereocenters. The number of carbonyl (C=O) groups is 1. The average molecular weight is 388 g/mol. The quantitative estimate of drug-likeness (QED) is 0.614. The summed E-state index contributed by atoms with van der Waals surface area (Å²) in [5, 5.41) is 0. The second-order valence-corrected chi connectivity index (χ2v) is 9.01. The Morgan fingerprint density at radius 3 is 2.26 bits per heavy atom. The summed E-state index contributed by atoms with van der Waals surface area (Å²) in [6, 6.07) is 12.1. The lowest BCUT2D eigenvalue weighted by molar-refractivity contribution is -0.134. The molecule has 6 heteroatoms. The fraction of sp³-hybridized carbons (Fsp3) is 0.286. The van der Waals surface area contributed by atoms with Crippen LogP contribution in [0, 0.1) is 6.92 Å². The lowest BCUT2D eigenvalue weighted by atomic mass is 9.86. The molecule has 0 amide bonds. The van der Waals surface area contributed by atoms with Crippen molar-refractivity contribution in [2.75, 3.05) is 11.8 Å². The molecule has 0 unspecified atom stereocenters. The molecule has 0 aliphatic carbocycles. The van der Waals surface area contributed by atoms with Crippen LogP contribution in [0.2, 0.25) is 0 Å². The van der Waals surface area contributed by atoms with Gasteiger partial charge in [-0.3, -0.25) is 4.72 Å². The summed E-state index contributed by atoms with van der Waals surface area (Å²) in [4.78, 5) is 11.6. The molecule has 144 valence electrons. The van der Waals surface area contributed by atoms with Crippen LogP contribution in [0.1, 0.15) is 37.5 Å². The minimum atomic E-state index is -3.75. The lowest BCUT2D eigenvalue weighted by Gasteiger charge is -2.21. The topological polar surface area (TPSA) is 72.5 Å². The lowest BCUT2D eigenvalue weighted by Crippen LogP contribution is -2.15. The zero-order valence-electron chi connectivity index (χ0n) is 16.2. The number of rotatable bonds is 5. The van der Waals surface area contributed by atoms with E-state index in [1.807, 2.05) is 19.1 Å². The van der Waals surface area contributed by atoms with Crippen molar-refractivity contribution < 1.29 is 17.9 Å². The van der Waals surface area contributed by atoms with Gasteiger partial charge in [0.05, 0.1) is 17.7 Å². The van der Waals surface area contributed by atoms with Gasteiger partial charge in [-0.2, -0.15) is 0 Å². The number of ether oxygens (including phenoxy) is 1. The van der Waals surface area contributed by atoms with Crippen LogP contribution in [0.4, 0.5) is 5.69 Å².